The molecular formula is C18H18ClN3O2S2. The van der Waals surface area contributed by atoms with Crippen molar-refractivity contribution < 1.29 is 8.42 Å². The first kappa shape index (κ1) is 17.9. The molecular weight excluding hydrogens is 390 g/mol. The Kier molecular flexibility index (Phi) is 4.96. The summed E-state index contributed by atoms with van der Waals surface area (Å²) in [5, 5.41) is 0.648. The van der Waals surface area contributed by atoms with Crippen molar-refractivity contribution in [3.05, 3.63) is 53.1 Å². The second kappa shape index (κ2) is 7.23. The standard InChI is InChI=1S/C18H18ClN3O2S2/c19-14-10-8-13(9-11-14)16-6-2-1-3-12-22(16)26(23,24)17-7-4-5-15-18(17)21-25-20-15/h4-5,7-11,16H,1-3,6,12H2/t16-/m1/s1. The molecule has 0 spiro atoms. The Morgan fingerprint density at radius 3 is 2.65 bits per heavy atom. The summed E-state index contributed by atoms with van der Waals surface area (Å²) in [6, 6.07) is 12.4. The Morgan fingerprint density at radius 2 is 1.85 bits per heavy atom. The molecule has 1 saturated heterocycles. The molecule has 1 aliphatic heterocycles. The zero-order valence-corrected chi connectivity index (χ0v) is 16.4. The van der Waals surface area contributed by atoms with Crippen LogP contribution in [-0.2, 0) is 10.0 Å². The van der Waals surface area contributed by atoms with Gasteiger partial charge in [-0.15, -0.1) is 0 Å². The largest absolute Gasteiger partial charge is 0.245 e. The Balaban J connectivity index is 1.81. The second-order valence-corrected chi connectivity index (χ2v) is 9.24. The lowest BCUT2D eigenvalue weighted by Crippen LogP contribution is -2.35. The van der Waals surface area contributed by atoms with Gasteiger partial charge in [0.05, 0.1) is 17.8 Å². The minimum Gasteiger partial charge on any atom is -0.207 e. The van der Waals surface area contributed by atoms with Crippen molar-refractivity contribution in [2.45, 2.75) is 36.6 Å². The molecule has 0 unspecified atom stereocenters. The van der Waals surface area contributed by atoms with Crippen LogP contribution in [0.3, 0.4) is 0 Å². The van der Waals surface area contributed by atoms with Crippen LogP contribution >= 0.6 is 23.3 Å². The van der Waals surface area contributed by atoms with Crippen molar-refractivity contribution in [2.75, 3.05) is 6.54 Å². The highest BCUT2D eigenvalue weighted by Gasteiger charge is 2.34. The third-order valence-corrected chi connectivity index (χ3v) is 7.53. The topological polar surface area (TPSA) is 63.2 Å². The molecule has 0 aliphatic carbocycles. The maximum Gasteiger partial charge on any atom is 0.245 e. The van der Waals surface area contributed by atoms with Gasteiger partial charge in [0, 0.05) is 11.6 Å². The number of rotatable bonds is 3. The highest BCUT2D eigenvalue weighted by Crippen LogP contribution is 2.36. The fraction of sp³-hybridized carbons (Fsp3) is 0.333. The predicted molar refractivity (Wildman–Crippen MR) is 104 cm³/mol. The molecule has 0 saturated carbocycles. The molecule has 136 valence electrons. The lowest BCUT2D eigenvalue weighted by Gasteiger charge is -2.29. The normalized spacial score (nSPS) is 19.5. The van der Waals surface area contributed by atoms with Gasteiger partial charge >= 0.3 is 0 Å². The van der Waals surface area contributed by atoms with Gasteiger partial charge in [0.15, 0.2) is 0 Å². The Hall–Kier alpha value is -1.54. The fourth-order valence-electron chi connectivity index (χ4n) is 3.50. The maximum atomic E-state index is 13.5. The minimum atomic E-state index is -3.68. The molecule has 1 aromatic heterocycles. The third-order valence-electron chi connectivity index (χ3n) is 4.79. The summed E-state index contributed by atoms with van der Waals surface area (Å²) in [7, 11) is -3.68. The van der Waals surface area contributed by atoms with Crippen LogP contribution in [0.4, 0.5) is 0 Å². The van der Waals surface area contributed by atoms with Gasteiger partial charge in [-0.25, -0.2) is 8.42 Å². The van der Waals surface area contributed by atoms with Crippen LogP contribution in [0.2, 0.25) is 5.02 Å². The molecule has 26 heavy (non-hydrogen) atoms. The number of benzene rings is 2. The van der Waals surface area contributed by atoms with Crippen LogP contribution in [0.1, 0.15) is 37.3 Å². The number of fused-ring (bicyclic) bond motifs is 1. The first-order valence-corrected chi connectivity index (χ1v) is 11.1. The molecule has 2 aromatic carbocycles. The van der Waals surface area contributed by atoms with Crippen molar-refractivity contribution in [3.63, 3.8) is 0 Å². The number of hydrogen-bond acceptors (Lipinski definition) is 5. The molecule has 1 aliphatic rings. The number of sulfonamides is 1. The van der Waals surface area contributed by atoms with Crippen molar-refractivity contribution in [2.24, 2.45) is 0 Å². The van der Waals surface area contributed by atoms with Crippen LogP contribution in [0.15, 0.2) is 47.4 Å². The summed E-state index contributed by atoms with van der Waals surface area (Å²) in [6.45, 7) is 0.504. The van der Waals surface area contributed by atoms with E-state index in [4.69, 9.17) is 11.6 Å². The summed E-state index contributed by atoms with van der Waals surface area (Å²) in [4.78, 5) is 0.240. The lowest BCUT2D eigenvalue weighted by atomic mass is 10.0. The van der Waals surface area contributed by atoms with Crippen molar-refractivity contribution in [1.29, 1.82) is 0 Å². The molecule has 2 heterocycles. The van der Waals surface area contributed by atoms with E-state index in [1.54, 1.807) is 22.5 Å². The number of nitrogens with zero attached hydrogens (tertiary/aromatic N) is 3. The number of aromatic nitrogens is 2. The van der Waals surface area contributed by atoms with Gasteiger partial charge in [-0.2, -0.15) is 13.1 Å². The van der Waals surface area contributed by atoms with Gasteiger partial charge in [-0.1, -0.05) is 42.6 Å². The first-order valence-electron chi connectivity index (χ1n) is 8.56. The van der Waals surface area contributed by atoms with Crippen LogP contribution in [0, 0.1) is 0 Å². The highest BCUT2D eigenvalue weighted by molar-refractivity contribution is 7.89. The van der Waals surface area contributed by atoms with E-state index in [1.165, 1.54) is 0 Å². The van der Waals surface area contributed by atoms with E-state index in [2.05, 4.69) is 8.75 Å². The zero-order chi connectivity index (χ0) is 18.1. The van der Waals surface area contributed by atoms with Gasteiger partial charge in [0.2, 0.25) is 10.0 Å². The average molecular weight is 408 g/mol. The third kappa shape index (κ3) is 3.24. The van der Waals surface area contributed by atoms with Crippen LogP contribution in [0.25, 0.3) is 11.0 Å². The van der Waals surface area contributed by atoms with Crippen LogP contribution in [-0.4, -0.2) is 28.0 Å². The maximum absolute atomic E-state index is 13.5. The average Bonchev–Trinajstić information content (AvgIpc) is 2.98. The molecule has 3 aromatic rings. The fourth-order valence-corrected chi connectivity index (χ4v) is 6.07. The Morgan fingerprint density at radius 1 is 1.04 bits per heavy atom. The quantitative estimate of drug-likeness (QED) is 0.633. The lowest BCUT2D eigenvalue weighted by molar-refractivity contribution is 0.329. The summed E-state index contributed by atoms with van der Waals surface area (Å²) >= 11 is 7.05. The summed E-state index contributed by atoms with van der Waals surface area (Å²) in [5.41, 5.74) is 2.05. The van der Waals surface area contributed by atoms with E-state index in [9.17, 15) is 8.42 Å². The molecule has 8 heteroatoms. The van der Waals surface area contributed by atoms with Crippen molar-refractivity contribution in [3.8, 4) is 0 Å². The smallest absolute Gasteiger partial charge is 0.207 e. The molecule has 1 atom stereocenters. The monoisotopic (exact) mass is 407 g/mol. The van der Waals surface area contributed by atoms with Gasteiger partial charge < -0.3 is 0 Å². The van der Waals surface area contributed by atoms with Crippen LogP contribution in [0.5, 0.6) is 0 Å². The minimum absolute atomic E-state index is 0.193. The Labute approximate surface area is 162 Å². The molecule has 4 rings (SSSR count). The summed E-state index contributed by atoms with van der Waals surface area (Å²) in [5.74, 6) is 0. The molecule has 0 amide bonds. The first-order chi connectivity index (χ1) is 12.6. The second-order valence-electron chi connectivity index (χ2n) is 6.42. The number of hydrogen-bond donors (Lipinski definition) is 0. The predicted octanol–water partition coefficient (Wildman–Crippen LogP) is 4.65. The van der Waals surface area contributed by atoms with E-state index >= 15 is 0 Å². The van der Waals surface area contributed by atoms with Gasteiger partial charge in [0.25, 0.3) is 0 Å². The zero-order valence-electron chi connectivity index (χ0n) is 14.0. The summed E-state index contributed by atoms with van der Waals surface area (Å²) in [6.07, 6.45) is 3.68. The Bertz CT molecular complexity index is 1020. The molecule has 1 fully saturated rings. The van der Waals surface area contributed by atoms with Gasteiger partial charge in [-0.3, -0.25) is 0 Å². The van der Waals surface area contributed by atoms with E-state index in [1.807, 2.05) is 24.3 Å². The van der Waals surface area contributed by atoms with Gasteiger partial charge in [0.1, 0.15) is 15.9 Å². The van der Waals surface area contributed by atoms with E-state index in [0.717, 1.165) is 43.0 Å². The molecule has 0 radical (unpaired) electrons. The SMILES string of the molecule is O=S(=O)(c1cccc2nsnc12)N1CCCCC[C@@H]1c1ccc(Cl)cc1. The van der Waals surface area contributed by atoms with E-state index < -0.39 is 10.0 Å². The summed E-state index contributed by atoms with van der Waals surface area (Å²) < 4.78 is 37.1. The van der Waals surface area contributed by atoms with E-state index in [0.29, 0.717) is 22.6 Å². The highest BCUT2D eigenvalue weighted by atomic mass is 35.5. The molecule has 0 N–H and O–H groups in total. The van der Waals surface area contributed by atoms with Crippen LogP contribution < -0.4 is 0 Å². The molecule has 5 nitrogen and oxygen atoms in total. The number of halogens is 1. The van der Waals surface area contributed by atoms with Crippen molar-refractivity contribution >= 4 is 44.4 Å². The van der Waals surface area contributed by atoms with Crippen molar-refractivity contribution in [1.82, 2.24) is 13.1 Å². The molecule has 0 bridgehead atoms. The van der Waals surface area contributed by atoms with E-state index in [-0.39, 0.29) is 10.9 Å². The van der Waals surface area contributed by atoms with Gasteiger partial charge in [-0.05, 0) is 42.7 Å².